The number of aromatic nitrogens is 1. The Balaban J connectivity index is 1.56. The Morgan fingerprint density at radius 1 is 0.853 bits per heavy atom. The maximum Gasteiger partial charge on any atom is 0.339 e. The summed E-state index contributed by atoms with van der Waals surface area (Å²) in [6.07, 6.45) is -1.10. The van der Waals surface area contributed by atoms with E-state index in [9.17, 15) is 9.59 Å². The highest BCUT2D eigenvalue weighted by molar-refractivity contribution is 7.13. The minimum Gasteiger partial charge on any atom is -0.445 e. The Morgan fingerprint density at radius 3 is 2.32 bits per heavy atom. The summed E-state index contributed by atoms with van der Waals surface area (Å²) in [6.45, 7) is 0. The summed E-state index contributed by atoms with van der Waals surface area (Å²) in [5.41, 5.74) is 2.72. The number of pyridine rings is 1. The second-order valence-corrected chi connectivity index (χ2v) is 9.00. The Labute approximate surface area is 205 Å². The smallest absolute Gasteiger partial charge is 0.339 e. The zero-order chi connectivity index (χ0) is 23.5. The molecular formula is C28H18ClNO3S. The molecule has 0 amide bonds. The summed E-state index contributed by atoms with van der Waals surface area (Å²) in [4.78, 5) is 32.6. The van der Waals surface area contributed by atoms with Crippen LogP contribution in [0.15, 0.2) is 102 Å². The second-order valence-electron chi connectivity index (χ2n) is 7.62. The van der Waals surface area contributed by atoms with Crippen LogP contribution in [0, 0.1) is 0 Å². The van der Waals surface area contributed by atoms with Gasteiger partial charge in [-0.05, 0) is 47.8 Å². The zero-order valence-electron chi connectivity index (χ0n) is 17.9. The van der Waals surface area contributed by atoms with Crippen LogP contribution in [0.2, 0.25) is 5.02 Å². The molecule has 0 saturated carbocycles. The zero-order valence-corrected chi connectivity index (χ0v) is 19.4. The van der Waals surface area contributed by atoms with Crippen molar-refractivity contribution in [1.29, 1.82) is 0 Å². The minimum atomic E-state index is -1.10. The first-order chi connectivity index (χ1) is 16.6. The number of thiophene rings is 1. The lowest BCUT2D eigenvalue weighted by molar-refractivity contribution is 0.0282. The molecule has 0 bridgehead atoms. The van der Waals surface area contributed by atoms with E-state index in [-0.39, 0.29) is 5.78 Å². The summed E-state index contributed by atoms with van der Waals surface area (Å²) < 4.78 is 5.90. The van der Waals surface area contributed by atoms with Crippen molar-refractivity contribution in [2.45, 2.75) is 6.10 Å². The Bertz CT molecular complexity index is 1470. The second kappa shape index (κ2) is 9.59. The lowest BCUT2D eigenvalue weighted by Crippen LogP contribution is -2.20. The highest BCUT2D eigenvalue weighted by Gasteiger charge is 2.28. The average molecular weight is 484 g/mol. The van der Waals surface area contributed by atoms with Crippen molar-refractivity contribution >= 4 is 45.6 Å². The normalized spacial score (nSPS) is 11.8. The molecule has 0 unspecified atom stereocenters. The van der Waals surface area contributed by atoms with Crippen LogP contribution in [0.3, 0.4) is 0 Å². The number of benzene rings is 3. The molecule has 0 aliphatic carbocycles. The molecule has 2 heterocycles. The fourth-order valence-electron chi connectivity index (χ4n) is 3.73. The number of ether oxygens (including phenoxy) is 1. The van der Waals surface area contributed by atoms with Crippen molar-refractivity contribution in [3.05, 3.63) is 124 Å². The number of rotatable bonds is 6. The molecule has 0 radical (unpaired) electrons. The number of fused-ring (bicyclic) bond motifs is 1. The van der Waals surface area contributed by atoms with Gasteiger partial charge in [0.15, 0.2) is 6.10 Å². The number of carbonyl (C=O) groups excluding carboxylic acids is 2. The van der Waals surface area contributed by atoms with Gasteiger partial charge >= 0.3 is 5.97 Å². The predicted octanol–water partition coefficient (Wildman–Crippen LogP) is 7.40. The molecule has 0 fully saturated rings. The van der Waals surface area contributed by atoms with E-state index in [2.05, 4.69) is 0 Å². The Hall–Kier alpha value is -3.80. The van der Waals surface area contributed by atoms with Gasteiger partial charge in [0.05, 0.1) is 21.7 Å². The molecule has 0 aliphatic rings. The Morgan fingerprint density at radius 2 is 1.59 bits per heavy atom. The third kappa shape index (κ3) is 4.49. The standard InChI is InChI=1S/C28H18ClNO3S/c29-20-14-12-18(13-15-20)26(31)27(19-7-2-1-3-8-19)33-28(32)22-17-24(25-11-6-16-34-25)30-23-10-5-4-9-21(22)23/h1-17,27H/t27-/m1/s1. The van der Waals surface area contributed by atoms with Crippen LogP contribution < -0.4 is 0 Å². The third-order valence-corrected chi connectivity index (χ3v) is 6.55. The molecule has 0 N–H and O–H groups in total. The number of nitrogens with zero attached hydrogens (tertiary/aromatic N) is 1. The molecular weight excluding hydrogens is 466 g/mol. The van der Waals surface area contributed by atoms with Crippen LogP contribution in [0.1, 0.15) is 32.4 Å². The molecule has 0 saturated heterocycles. The van der Waals surface area contributed by atoms with Crippen LogP contribution >= 0.6 is 22.9 Å². The SMILES string of the molecule is O=C(O[C@@H](C(=O)c1ccc(Cl)cc1)c1ccccc1)c1cc(-c2cccs2)nc2ccccc12. The van der Waals surface area contributed by atoms with Gasteiger partial charge in [0.2, 0.25) is 5.78 Å². The van der Waals surface area contributed by atoms with Crippen molar-refractivity contribution in [3.63, 3.8) is 0 Å². The van der Waals surface area contributed by atoms with E-state index in [1.54, 1.807) is 42.5 Å². The topological polar surface area (TPSA) is 56.3 Å². The summed E-state index contributed by atoms with van der Waals surface area (Å²) in [5.74, 6) is -0.916. The van der Waals surface area contributed by atoms with Crippen LogP contribution in [0.25, 0.3) is 21.5 Å². The van der Waals surface area contributed by atoms with E-state index < -0.39 is 12.1 Å². The van der Waals surface area contributed by atoms with Gasteiger partial charge in [0.1, 0.15) is 0 Å². The van der Waals surface area contributed by atoms with E-state index in [4.69, 9.17) is 21.3 Å². The van der Waals surface area contributed by atoms with Gasteiger partial charge in [0.25, 0.3) is 0 Å². The van der Waals surface area contributed by atoms with Crippen LogP contribution in [-0.2, 0) is 4.74 Å². The van der Waals surface area contributed by atoms with Crippen molar-refractivity contribution in [2.24, 2.45) is 0 Å². The summed E-state index contributed by atoms with van der Waals surface area (Å²) in [7, 11) is 0. The first-order valence-electron chi connectivity index (χ1n) is 10.6. The first kappa shape index (κ1) is 22.0. The van der Waals surface area contributed by atoms with E-state index in [1.165, 1.54) is 11.3 Å². The number of Topliss-reactive ketones (excluding diaryl/α,β-unsaturated/α-hetero) is 1. The van der Waals surface area contributed by atoms with E-state index in [1.807, 2.05) is 60.0 Å². The molecule has 34 heavy (non-hydrogen) atoms. The Kier molecular flexibility index (Phi) is 6.21. The molecule has 0 spiro atoms. The number of esters is 1. The van der Waals surface area contributed by atoms with Crippen LogP contribution in [0.5, 0.6) is 0 Å². The fourth-order valence-corrected chi connectivity index (χ4v) is 4.54. The van der Waals surface area contributed by atoms with Gasteiger partial charge in [-0.2, -0.15) is 0 Å². The summed E-state index contributed by atoms with van der Waals surface area (Å²) in [6, 6.07) is 28.6. The molecule has 0 aliphatic heterocycles. The summed E-state index contributed by atoms with van der Waals surface area (Å²) in [5, 5.41) is 3.15. The largest absolute Gasteiger partial charge is 0.445 e. The fraction of sp³-hybridized carbons (Fsp3) is 0.0357. The molecule has 2 aromatic heterocycles. The molecule has 6 heteroatoms. The van der Waals surface area contributed by atoms with E-state index in [0.717, 1.165) is 4.88 Å². The number of carbonyl (C=O) groups is 2. The quantitative estimate of drug-likeness (QED) is 0.186. The molecule has 5 aromatic rings. The summed E-state index contributed by atoms with van der Waals surface area (Å²) >= 11 is 7.53. The average Bonchev–Trinajstić information content (AvgIpc) is 3.42. The highest BCUT2D eigenvalue weighted by Crippen LogP contribution is 2.30. The highest BCUT2D eigenvalue weighted by atomic mass is 35.5. The molecule has 1 atom stereocenters. The number of hydrogen-bond acceptors (Lipinski definition) is 5. The predicted molar refractivity (Wildman–Crippen MR) is 135 cm³/mol. The van der Waals surface area contributed by atoms with E-state index in [0.29, 0.717) is 38.3 Å². The maximum absolute atomic E-state index is 13.5. The number of hydrogen-bond donors (Lipinski definition) is 0. The van der Waals surface area contributed by atoms with Gasteiger partial charge in [-0.25, -0.2) is 9.78 Å². The minimum absolute atomic E-state index is 0.326. The molecule has 4 nitrogen and oxygen atoms in total. The molecule has 5 rings (SSSR count). The van der Waals surface area contributed by atoms with Crippen molar-refractivity contribution in [2.75, 3.05) is 0 Å². The number of para-hydroxylation sites is 1. The van der Waals surface area contributed by atoms with Crippen molar-refractivity contribution in [1.82, 2.24) is 4.98 Å². The van der Waals surface area contributed by atoms with E-state index >= 15 is 0 Å². The number of halogens is 1. The lowest BCUT2D eigenvalue weighted by Gasteiger charge is -2.18. The van der Waals surface area contributed by atoms with Crippen molar-refractivity contribution in [3.8, 4) is 10.6 Å². The molecule has 166 valence electrons. The van der Waals surface area contributed by atoms with Gasteiger partial charge in [-0.3, -0.25) is 4.79 Å². The van der Waals surface area contributed by atoms with Gasteiger partial charge < -0.3 is 4.74 Å². The monoisotopic (exact) mass is 483 g/mol. The lowest BCUT2D eigenvalue weighted by atomic mass is 9.99. The van der Waals surface area contributed by atoms with Crippen LogP contribution in [-0.4, -0.2) is 16.7 Å². The number of ketones is 1. The first-order valence-corrected chi connectivity index (χ1v) is 11.9. The van der Waals surface area contributed by atoms with Crippen molar-refractivity contribution < 1.29 is 14.3 Å². The van der Waals surface area contributed by atoms with Gasteiger partial charge in [-0.15, -0.1) is 11.3 Å². The van der Waals surface area contributed by atoms with Crippen LogP contribution in [0.4, 0.5) is 0 Å². The third-order valence-electron chi connectivity index (χ3n) is 5.40. The van der Waals surface area contributed by atoms with Gasteiger partial charge in [0, 0.05) is 21.5 Å². The van der Waals surface area contributed by atoms with Gasteiger partial charge in [-0.1, -0.05) is 66.2 Å². The molecule has 3 aromatic carbocycles. The maximum atomic E-state index is 13.5.